The van der Waals surface area contributed by atoms with Crippen molar-refractivity contribution >= 4 is 17.9 Å². The van der Waals surface area contributed by atoms with Gasteiger partial charge < -0.3 is 14.2 Å². The predicted molar refractivity (Wildman–Crippen MR) is 330 cm³/mol. The first-order valence-corrected chi connectivity index (χ1v) is 32.6. The highest BCUT2D eigenvalue weighted by molar-refractivity contribution is 5.71. The minimum Gasteiger partial charge on any atom is -0.462 e. The molecule has 0 radical (unpaired) electrons. The molecule has 0 aromatic carbocycles. The van der Waals surface area contributed by atoms with Crippen LogP contribution in [-0.4, -0.2) is 37.2 Å². The maximum Gasteiger partial charge on any atom is 0.306 e. The molecular weight excluding hydrogens is 937 g/mol. The number of rotatable bonds is 59. The maximum absolute atomic E-state index is 12.9. The highest BCUT2D eigenvalue weighted by Gasteiger charge is 2.19. The van der Waals surface area contributed by atoms with Crippen LogP contribution in [0.4, 0.5) is 0 Å². The fourth-order valence-corrected chi connectivity index (χ4v) is 9.33. The summed E-state index contributed by atoms with van der Waals surface area (Å²) >= 11 is 0. The first-order chi connectivity index (χ1) is 37.5. The molecule has 0 aliphatic rings. The molecule has 0 N–H and O–H groups in total. The third-order valence-electron chi connectivity index (χ3n) is 14.1. The smallest absolute Gasteiger partial charge is 0.306 e. The molecule has 0 spiro atoms. The van der Waals surface area contributed by atoms with Crippen LogP contribution < -0.4 is 0 Å². The van der Waals surface area contributed by atoms with Gasteiger partial charge in [0.25, 0.3) is 0 Å². The average Bonchev–Trinajstić information content (AvgIpc) is 3.42. The monoisotopic (exact) mass is 1060 g/mol. The molecule has 6 nitrogen and oxygen atoms in total. The van der Waals surface area contributed by atoms with E-state index in [1.54, 1.807) is 0 Å². The Balaban J connectivity index is 4.22. The summed E-state index contributed by atoms with van der Waals surface area (Å²) in [7, 11) is 0. The third-order valence-corrected chi connectivity index (χ3v) is 14.1. The van der Waals surface area contributed by atoms with Gasteiger partial charge in [0, 0.05) is 19.3 Å². The standard InChI is InChI=1S/C70H122O6/c1-4-7-10-13-16-19-22-25-28-29-30-31-32-33-34-35-36-37-38-39-40-41-43-45-48-51-54-57-60-63-69(72)75-66-67(65-74-68(71)62-59-56-53-50-47-44-27-24-21-18-15-12-9-6-3)76-70(73)64-61-58-55-52-49-46-42-26-23-20-17-14-11-8-5-2/h7-8,10-11,16-17,19-20,25-26,28,30-31,42,67H,4-6,9,12-15,18,21-24,27,29,32-41,43-66H2,1-3H3/b10-7-,11-8-,19-16-,20-17-,28-25-,31-30-,42-26-. The number of ether oxygens (including phenoxy) is 3. The molecule has 0 fully saturated rings. The van der Waals surface area contributed by atoms with E-state index in [9.17, 15) is 14.4 Å². The van der Waals surface area contributed by atoms with Crippen LogP contribution in [0.5, 0.6) is 0 Å². The molecule has 1 unspecified atom stereocenters. The highest BCUT2D eigenvalue weighted by Crippen LogP contribution is 2.17. The van der Waals surface area contributed by atoms with Crippen molar-refractivity contribution in [1.82, 2.24) is 0 Å². The van der Waals surface area contributed by atoms with Crippen LogP contribution in [0.1, 0.15) is 323 Å². The van der Waals surface area contributed by atoms with Gasteiger partial charge in [-0.1, -0.05) is 298 Å². The second kappa shape index (κ2) is 64.1. The molecule has 76 heavy (non-hydrogen) atoms. The average molecular weight is 1060 g/mol. The molecule has 1 atom stereocenters. The summed E-state index contributed by atoms with van der Waals surface area (Å²) < 4.78 is 16.9. The van der Waals surface area contributed by atoms with E-state index in [0.29, 0.717) is 19.3 Å². The second-order valence-electron chi connectivity index (χ2n) is 21.6. The van der Waals surface area contributed by atoms with Gasteiger partial charge in [-0.3, -0.25) is 14.4 Å². The predicted octanol–water partition coefficient (Wildman–Crippen LogP) is 22.3. The minimum absolute atomic E-state index is 0.0791. The van der Waals surface area contributed by atoms with Crippen LogP contribution in [0, 0.1) is 0 Å². The van der Waals surface area contributed by atoms with E-state index in [0.717, 1.165) is 122 Å². The zero-order valence-corrected chi connectivity index (χ0v) is 50.3. The lowest BCUT2D eigenvalue weighted by molar-refractivity contribution is -0.167. The van der Waals surface area contributed by atoms with Crippen molar-refractivity contribution in [2.45, 2.75) is 329 Å². The summed E-state index contributed by atoms with van der Waals surface area (Å²) in [6, 6.07) is 0. The van der Waals surface area contributed by atoms with E-state index in [1.165, 1.54) is 161 Å². The first-order valence-electron chi connectivity index (χ1n) is 32.6. The largest absolute Gasteiger partial charge is 0.462 e. The summed E-state index contributed by atoms with van der Waals surface area (Å²) in [6.07, 6.45) is 84.6. The Kier molecular flexibility index (Phi) is 61.2. The summed E-state index contributed by atoms with van der Waals surface area (Å²) in [6.45, 7) is 6.44. The van der Waals surface area contributed by atoms with Gasteiger partial charge in [0.15, 0.2) is 6.10 Å². The Labute approximate surface area is 471 Å². The van der Waals surface area contributed by atoms with Gasteiger partial charge in [0.1, 0.15) is 13.2 Å². The van der Waals surface area contributed by atoms with Crippen molar-refractivity contribution in [2.75, 3.05) is 13.2 Å². The summed E-state index contributed by atoms with van der Waals surface area (Å²) in [5.41, 5.74) is 0. The number of carbonyl (C=O) groups is 3. The SMILES string of the molecule is CC/C=C\C/C=C\C/C=C\C/C=C\CCCCCCCCCCCCCCCCCCC(=O)OCC(COC(=O)CCCCCCCCCCCCCCCC)OC(=O)CCCCCCC/C=C\C/C=C\C/C=C\CC. The van der Waals surface area contributed by atoms with Crippen molar-refractivity contribution in [3.05, 3.63) is 85.1 Å². The summed E-state index contributed by atoms with van der Waals surface area (Å²) in [4.78, 5) is 38.3. The van der Waals surface area contributed by atoms with Gasteiger partial charge in [-0.15, -0.1) is 0 Å². The fourth-order valence-electron chi connectivity index (χ4n) is 9.33. The molecule has 0 aliphatic carbocycles. The second-order valence-corrected chi connectivity index (χ2v) is 21.6. The Morgan fingerprint density at radius 3 is 0.803 bits per heavy atom. The molecule has 0 aromatic rings. The zero-order valence-electron chi connectivity index (χ0n) is 50.3. The topological polar surface area (TPSA) is 78.9 Å². The van der Waals surface area contributed by atoms with Crippen LogP contribution in [0.15, 0.2) is 85.1 Å². The molecule has 0 bridgehead atoms. The van der Waals surface area contributed by atoms with Crippen LogP contribution in [-0.2, 0) is 28.6 Å². The lowest BCUT2D eigenvalue weighted by Crippen LogP contribution is -2.30. The van der Waals surface area contributed by atoms with Gasteiger partial charge in [-0.2, -0.15) is 0 Å². The molecule has 0 amide bonds. The number of unbranched alkanes of at least 4 members (excludes halogenated alkanes) is 34. The molecular formula is C70H122O6. The lowest BCUT2D eigenvalue weighted by atomic mass is 10.0. The van der Waals surface area contributed by atoms with E-state index < -0.39 is 6.10 Å². The zero-order chi connectivity index (χ0) is 55.0. The molecule has 438 valence electrons. The Morgan fingerprint density at radius 2 is 0.513 bits per heavy atom. The Hall–Kier alpha value is -3.41. The van der Waals surface area contributed by atoms with Crippen molar-refractivity contribution < 1.29 is 28.6 Å². The molecule has 0 saturated heterocycles. The molecule has 0 rings (SSSR count). The van der Waals surface area contributed by atoms with E-state index >= 15 is 0 Å². The number of allylic oxidation sites excluding steroid dienone is 14. The molecule has 0 heterocycles. The highest BCUT2D eigenvalue weighted by atomic mass is 16.6. The number of hydrogen-bond acceptors (Lipinski definition) is 6. The molecule has 0 aliphatic heterocycles. The van der Waals surface area contributed by atoms with Crippen LogP contribution >= 0.6 is 0 Å². The van der Waals surface area contributed by atoms with E-state index in [2.05, 4.69) is 106 Å². The third kappa shape index (κ3) is 61.4. The molecule has 0 saturated carbocycles. The van der Waals surface area contributed by atoms with Crippen LogP contribution in [0.3, 0.4) is 0 Å². The van der Waals surface area contributed by atoms with Gasteiger partial charge >= 0.3 is 17.9 Å². The normalized spacial score (nSPS) is 12.6. The summed E-state index contributed by atoms with van der Waals surface area (Å²) in [5, 5.41) is 0. The van der Waals surface area contributed by atoms with Gasteiger partial charge in [-0.25, -0.2) is 0 Å². The Bertz CT molecular complexity index is 1450. The summed E-state index contributed by atoms with van der Waals surface area (Å²) in [5.74, 6) is -0.881. The number of hydrogen-bond donors (Lipinski definition) is 0. The fraction of sp³-hybridized carbons (Fsp3) is 0.757. The van der Waals surface area contributed by atoms with Gasteiger partial charge in [0.05, 0.1) is 0 Å². The van der Waals surface area contributed by atoms with Gasteiger partial charge in [-0.05, 0) is 89.9 Å². The van der Waals surface area contributed by atoms with E-state index in [1.807, 2.05) is 0 Å². The first kappa shape index (κ1) is 72.6. The minimum atomic E-state index is -0.783. The molecule has 6 heteroatoms. The van der Waals surface area contributed by atoms with Gasteiger partial charge in [0.2, 0.25) is 0 Å². The Morgan fingerprint density at radius 1 is 0.276 bits per heavy atom. The van der Waals surface area contributed by atoms with Crippen molar-refractivity contribution in [1.29, 1.82) is 0 Å². The van der Waals surface area contributed by atoms with E-state index in [-0.39, 0.29) is 31.1 Å². The van der Waals surface area contributed by atoms with Crippen molar-refractivity contribution in [2.24, 2.45) is 0 Å². The maximum atomic E-state index is 12.9. The van der Waals surface area contributed by atoms with Crippen molar-refractivity contribution in [3.8, 4) is 0 Å². The molecule has 0 aromatic heterocycles. The quantitative estimate of drug-likeness (QED) is 0.0261. The van der Waals surface area contributed by atoms with Crippen molar-refractivity contribution in [3.63, 3.8) is 0 Å². The number of carbonyl (C=O) groups excluding carboxylic acids is 3. The van der Waals surface area contributed by atoms with Crippen LogP contribution in [0.25, 0.3) is 0 Å². The van der Waals surface area contributed by atoms with Crippen LogP contribution in [0.2, 0.25) is 0 Å². The lowest BCUT2D eigenvalue weighted by Gasteiger charge is -2.18. The van der Waals surface area contributed by atoms with E-state index in [4.69, 9.17) is 14.2 Å². The number of esters is 3.